The molecule has 0 radical (unpaired) electrons. The molecule has 3 heterocycles. The molecule has 1 amide bonds. The molecule has 3 aromatic rings. The van der Waals surface area contributed by atoms with Crippen LogP contribution in [0.15, 0.2) is 52.4 Å². The van der Waals surface area contributed by atoms with Crippen molar-refractivity contribution in [3.05, 3.63) is 53.8 Å². The fourth-order valence-corrected chi connectivity index (χ4v) is 5.97. The second-order valence-electron chi connectivity index (χ2n) is 10.5. The first kappa shape index (κ1) is 28.3. The van der Waals surface area contributed by atoms with Crippen LogP contribution in [-0.4, -0.2) is 44.0 Å². The first-order valence-corrected chi connectivity index (χ1v) is 14.4. The summed E-state index contributed by atoms with van der Waals surface area (Å²) in [5, 5.41) is -0.339. The fraction of sp³-hybridized carbons (Fsp3) is 0.393. The standard InChI is InChI=1S/C28H34FN5O4S/c1-16(2)15-38-21-11-19(10-20(29)12-21)22-13-23(39(36,37)25-7-5-6-24(30)33-25)26(27(31)35)28(32-22)34-9-8-17(3)18(4)14-34/h5-7,10-13,16-18H,8-9,14-15H2,1-4H3,(H2,30,33)(H2,31,35). The molecule has 4 rings (SSSR count). The second-order valence-corrected chi connectivity index (χ2v) is 12.4. The molecular formula is C28H34FN5O4S. The van der Waals surface area contributed by atoms with Gasteiger partial charge in [-0.1, -0.05) is 33.8 Å². The predicted octanol–water partition coefficient (Wildman–Crippen LogP) is 4.31. The number of halogens is 1. The van der Waals surface area contributed by atoms with Gasteiger partial charge < -0.3 is 21.1 Å². The number of amides is 1. The smallest absolute Gasteiger partial charge is 0.253 e. The van der Waals surface area contributed by atoms with E-state index in [0.717, 1.165) is 6.42 Å². The zero-order valence-corrected chi connectivity index (χ0v) is 23.3. The Hall–Kier alpha value is -3.73. The predicted molar refractivity (Wildman–Crippen MR) is 148 cm³/mol. The maximum Gasteiger partial charge on any atom is 0.253 e. The summed E-state index contributed by atoms with van der Waals surface area (Å²) in [4.78, 5) is 23.0. The van der Waals surface area contributed by atoms with Gasteiger partial charge in [-0.3, -0.25) is 4.79 Å². The van der Waals surface area contributed by atoms with Gasteiger partial charge in [0, 0.05) is 24.7 Å². The molecule has 1 aliphatic heterocycles. The average molecular weight is 556 g/mol. The summed E-state index contributed by atoms with van der Waals surface area (Å²) < 4.78 is 48.2. The molecule has 0 spiro atoms. The van der Waals surface area contributed by atoms with E-state index >= 15 is 0 Å². The van der Waals surface area contributed by atoms with E-state index in [1.807, 2.05) is 18.7 Å². The van der Waals surface area contributed by atoms with Crippen molar-refractivity contribution in [3.8, 4) is 17.0 Å². The summed E-state index contributed by atoms with van der Waals surface area (Å²) >= 11 is 0. The van der Waals surface area contributed by atoms with Crippen molar-refractivity contribution in [2.45, 2.75) is 44.0 Å². The van der Waals surface area contributed by atoms with Crippen LogP contribution in [0, 0.1) is 23.6 Å². The van der Waals surface area contributed by atoms with E-state index in [9.17, 15) is 17.6 Å². The number of aromatic nitrogens is 2. The molecule has 2 atom stereocenters. The van der Waals surface area contributed by atoms with Crippen molar-refractivity contribution in [3.63, 3.8) is 0 Å². The van der Waals surface area contributed by atoms with E-state index in [-0.39, 0.29) is 50.4 Å². The Bertz CT molecular complexity index is 1500. The first-order chi connectivity index (χ1) is 18.4. The zero-order chi connectivity index (χ0) is 28.5. The van der Waals surface area contributed by atoms with Crippen molar-refractivity contribution >= 4 is 27.4 Å². The van der Waals surface area contributed by atoms with Crippen LogP contribution in [-0.2, 0) is 9.84 Å². The number of primary amides is 1. The number of nitrogens with zero attached hydrogens (tertiary/aromatic N) is 3. The normalized spacial score (nSPS) is 17.8. The highest BCUT2D eigenvalue weighted by molar-refractivity contribution is 7.91. The first-order valence-electron chi connectivity index (χ1n) is 12.9. The number of nitrogens with two attached hydrogens (primary N) is 2. The van der Waals surface area contributed by atoms with Crippen LogP contribution in [0.3, 0.4) is 0 Å². The van der Waals surface area contributed by atoms with Crippen molar-refractivity contribution in [2.24, 2.45) is 23.5 Å². The second kappa shape index (κ2) is 11.2. The van der Waals surface area contributed by atoms with Gasteiger partial charge in [0.2, 0.25) is 9.84 Å². The molecule has 2 aromatic heterocycles. The van der Waals surface area contributed by atoms with Crippen LogP contribution in [0.4, 0.5) is 16.0 Å². The minimum atomic E-state index is -4.38. The number of carbonyl (C=O) groups excluding carboxylic acids is 1. The number of ether oxygens (including phenoxy) is 1. The van der Waals surface area contributed by atoms with Crippen molar-refractivity contribution < 1.29 is 22.3 Å². The third kappa shape index (κ3) is 6.13. The molecule has 1 saturated heterocycles. The fourth-order valence-electron chi connectivity index (χ4n) is 4.53. The molecule has 208 valence electrons. The molecule has 0 saturated carbocycles. The van der Waals surface area contributed by atoms with E-state index in [1.165, 1.54) is 36.4 Å². The minimum Gasteiger partial charge on any atom is -0.493 e. The molecule has 2 unspecified atom stereocenters. The lowest BCUT2D eigenvalue weighted by molar-refractivity contribution is 0.0997. The molecule has 0 aliphatic carbocycles. The minimum absolute atomic E-state index is 0.00196. The van der Waals surface area contributed by atoms with Crippen molar-refractivity contribution in [1.82, 2.24) is 9.97 Å². The highest BCUT2D eigenvalue weighted by atomic mass is 32.2. The summed E-state index contributed by atoms with van der Waals surface area (Å²) in [5.74, 6) is -0.201. The van der Waals surface area contributed by atoms with Gasteiger partial charge in [-0.05, 0) is 54.5 Å². The lowest BCUT2D eigenvalue weighted by Gasteiger charge is -2.37. The summed E-state index contributed by atoms with van der Waals surface area (Å²) in [7, 11) is -4.38. The summed E-state index contributed by atoms with van der Waals surface area (Å²) in [6, 6.07) is 9.54. The molecule has 1 aliphatic rings. The van der Waals surface area contributed by atoms with Crippen molar-refractivity contribution in [2.75, 3.05) is 30.3 Å². The number of nitrogen functional groups attached to an aromatic ring is 1. The summed E-state index contributed by atoms with van der Waals surface area (Å²) in [5.41, 5.74) is 11.8. The monoisotopic (exact) mass is 555 g/mol. The zero-order valence-electron chi connectivity index (χ0n) is 22.5. The SMILES string of the molecule is CC(C)COc1cc(F)cc(-c2cc(S(=O)(=O)c3cccc(N)n3)c(C(N)=O)c(N3CCC(C)C(C)C3)n2)c1. The van der Waals surface area contributed by atoms with Gasteiger partial charge in [0.25, 0.3) is 5.91 Å². The Balaban J connectivity index is 1.97. The Morgan fingerprint density at radius 2 is 1.90 bits per heavy atom. The van der Waals surface area contributed by atoms with Crippen LogP contribution in [0.5, 0.6) is 5.75 Å². The molecule has 11 heteroatoms. The number of carbonyl (C=O) groups is 1. The van der Waals surface area contributed by atoms with E-state index < -0.39 is 21.6 Å². The Morgan fingerprint density at radius 3 is 2.54 bits per heavy atom. The molecule has 1 aromatic carbocycles. The van der Waals surface area contributed by atoms with Gasteiger partial charge in [0.15, 0.2) is 5.03 Å². The number of pyridine rings is 2. The Kier molecular flexibility index (Phi) is 8.10. The number of rotatable bonds is 8. The molecule has 9 nitrogen and oxygen atoms in total. The van der Waals surface area contributed by atoms with E-state index in [2.05, 4.69) is 18.8 Å². The van der Waals surface area contributed by atoms with Gasteiger partial charge in [-0.25, -0.2) is 22.8 Å². The largest absolute Gasteiger partial charge is 0.493 e. The van der Waals surface area contributed by atoms with Crippen LogP contribution >= 0.6 is 0 Å². The molecule has 4 N–H and O–H groups in total. The van der Waals surface area contributed by atoms with Gasteiger partial charge in [-0.15, -0.1) is 0 Å². The topological polar surface area (TPSA) is 142 Å². The third-order valence-electron chi connectivity index (χ3n) is 6.90. The maximum absolute atomic E-state index is 14.7. The average Bonchev–Trinajstić information content (AvgIpc) is 2.88. The number of benzene rings is 1. The van der Waals surface area contributed by atoms with E-state index in [1.54, 1.807) is 6.07 Å². The van der Waals surface area contributed by atoms with E-state index in [4.69, 9.17) is 21.2 Å². The Labute approximate surface area is 228 Å². The lowest BCUT2D eigenvalue weighted by Crippen LogP contribution is -2.40. The Morgan fingerprint density at radius 1 is 1.15 bits per heavy atom. The quantitative estimate of drug-likeness (QED) is 0.419. The number of sulfone groups is 1. The number of anilines is 2. The number of piperidine rings is 1. The molecule has 1 fully saturated rings. The molecular weight excluding hydrogens is 521 g/mol. The highest BCUT2D eigenvalue weighted by Crippen LogP contribution is 2.37. The van der Waals surface area contributed by atoms with Gasteiger partial charge in [0.1, 0.15) is 28.8 Å². The third-order valence-corrected chi connectivity index (χ3v) is 8.58. The summed E-state index contributed by atoms with van der Waals surface area (Å²) in [6.45, 7) is 9.63. The van der Waals surface area contributed by atoms with Crippen LogP contribution in [0.1, 0.15) is 44.5 Å². The number of hydrogen-bond acceptors (Lipinski definition) is 8. The highest BCUT2D eigenvalue weighted by Gasteiger charge is 2.33. The summed E-state index contributed by atoms with van der Waals surface area (Å²) in [6.07, 6.45) is 0.817. The molecule has 0 bridgehead atoms. The number of hydrogen-bond donors (Lipinski definition) is 2. The van der Waals surface area contributed by atoms with Crippen LogP contribution < -0.4 is 21.1 Å². The van der Waals surface area contributed by atoms with Crippen molar-refractivity contribution in [1.29, 1.82) is 0 Å². The lowest BCUT2D eigenvalue weighted by atomic mass is 9.88. The maximum atomic E-state index is 14.7. The molecule has 39 heavy (non-hydrogen) atoms. The van der Waals surface area contributed by atoms with Crippen LogP contribution in [0.25, 0.3) is 11.3 Å². The van der Waals surface area contributed by atoms with Crippen LogP contribution in [0.2, 0.25) is 0 Å². The van der Waals surface area contributed by atoms with Gasteiger partial charge in [0.05, 0.1) is 17.2 Å². The van der Waals surface area contributed by atoms with Gasteiger partial charge >= 0.3 is 0 Å². The van der Waals surface area contributed by atoms with Gasteiger partial charge in [-0.2, -0.15) is 0 Å². The van der Waals surface area contributed by atoms with E-state index in [0.29, 0.717) is 31.2 Å².